The molecule has 4 heteroatoms. The largest absolute Gasteiger partial charge is 0.339 e. The Hall–Kier alpha value is -1.68. The van der Waals surface area contributed by atoms with Crippen molar-refractivity contribution >= 4 is 12.0 Å². The molecule has 1 N–H and O–H groups in total. The first-order valence-corrected chi connectivity index (χ1v) is 6.32. The Morgan fingerprint density at radius 3 is 3.22 bits per heavy atom. The molecule has 96 valence electrons. The number of nitrogens with one attached hydrogen (secondary N) is 1. The second-order valence-electron chi connectivity index (χ2n) is 4.58. The highest BCUT2D eigenvalue weighted by Gasteiger charge is 2.24. The molecule has 0 aromatic carbocycles. The summed E-state index contributed by atoms with van der Waals surface area (Å²) in [4.78, 5) is 18.0. The Labute approximate surface area is 108 Å². The minimum atomic E-state index is 0.0826. The summed E-state index contributed by atoms with van der Waals surface area (Å²) in [6, 6.07) is 5.66. The van der Waals surface area contributed by atoms with Crippen molar-refractivity contribution in [3.8, 4) is 0 Å². The highest BCUT2D eigenvalue weighted by molar-refractivity contribution is 5.91. The van der Waals surface area contributed by atoms with Crippen LogP contribution in [0.5, 0.6) is 0 Å². The molecule has 18 heavy (non-hydrogen) atoms. The van der Waals surface area contributed by atoms with Crippen molar-refractivity contribution in [2.45, 2.75) is 6.42 Å². The summed E-state index contributed by atoms with van der Waals surface area (Å²) in [7, 11) is 1.95. The molecular formula is C14H19N3O. The van der Waals surface area contributed by atoms with Gasteiger partial charge >= 0.3 is 0 Å². The number of carbonyl (C=O) groups excluding carboxylic acids is 1. The maximum absolute atomic E-state index is 12.0. The van der Waals surface area contributed by atoms with Crippen LogP contribution in [0.1, 0.15) is 12.1 Å². The highest BCUT2D eigenvalue weighted by atomic mass is 16.2. The molecule has 1 aliphatic rings. The molecule has 0 aliphatic carbocycles. The van der Waals surface area contributed by atoms with Crippen LogP contribution in [0.3, 0.4) is 0 Å². The summed E-state index contributed by atoms with van der Waals surface area (Å²) in [5.41, 5.74) is 0.817. The summed E-state index contributed by atoms with van der Waals surface area (Å²) in [5, 5.41) is 3.16. The number of pyridine rings is 1. The number of hydrogen-bond acceptors (Lipinski definition) is 3. The van der Waals surface area contributed by atoms with Crippen LogP contribution in [0.2, 0.25) is 0 Å². The number of nitrogens with zero attached hydrogens (tertiary/aromatic N) is 2. The molecule has 0 radical (unpaired) electrons. The Morgan fingerprint density at radius 1 is 1.61 bits per heavy atom. The summed E-state index contributed by atoms with van der Waals surface area (Å²) in [6.07, 6.45) is 6.20. The molecule has 4 nitrogen and oxygen atoms in total. The number of aromatic nitrogens is 1. The predicted octanol–water partition coefficient (Wildman–Crippen LogP) is 1.16. The quantitative estimate of drug-likeness (QED) is 0.810. The first kappa shape index (κ1) is 12.8. The number of carbonyl (C=O) groups is 1. The van der Waals surface area contributed by atoms with E-state index < -0.39 is 0 Å². The third-order valence-electron chi connectivity index (χ3n) is 3.17. The molecule has 1 aromatic rings. The second kappa shape index (κ2) is 6.31. The zero-order chi connectivity index (χ0) is 12.8. The smallest absolute Gasteiger partial charge is 0.246 e. The van der Waals surface area contributed by atoms with E-state index in [4.69, 9.17) is 0 Å². The van der Waals surface area contributed by atoms with Crippen LogP contribution < -0.4 is 5.32 Å². The van der Waals surface area contributed by atoms with Crippen LogP contribution in [-0.4, -0.2) is 42.5 Å². The fourth-order valence-corrected chi connectivity index (χ4v) is 2.22. The minimum Gasteiger partial charge on any atom is -0.339 e. The van der Waals surface area contributed by atoms with Gasteiger partial charge in [0.15, 0.2) is 0 Å². The number of hydrogen-bond donors (Lipinski definition) is 1. The average Bonchev–Trinajstić information content (AvgIpc) is 2.86. The molecule has 0 bridgehead atoms. The molecule has 1 fully saturated rings. The van der Waals surface area contributed by atoms with Gasteiger partial charge in [0.2, 0.25) is 5.91 Å². The summed E-state index contributed by atoms with van der Waals surface area (Å²) in [6.45, 7) is 2.69. The number of amides is 1. The second-order valence-corrected chi connectivity index (χ2v) is 4.58. The molecule has 2 rings (SSSR count). The molecule has 0 spiro atoms. The lowest BCUT2D eigenvalue weighted by Crippen LogP contribution is -2.28. The molecule has 1 unspecified atom stereocenters. The topological polar surface area (TPSA) is 45.2 Å². The number of rotatable bonds is 4. The third-order valence-corrected chi connectivity index (χ3v) is 3.17. The van der Waals surface area contributed by atoms with E-state index in [-0.39, 0.29) is 5.91 Å². The summed E-state index contributed by atoms with van der Waals surface area (Å²) < 4.78 is 0. The van der Waals surface area contributed by atoms with Crippen LogP contribution in [0, 0.1) is 5.92 Å². The first-order valence-electron chi connectivity index (χ1n) is 6.32. The summed E-state index contributed by atoms with van der Waals surface area (Å²) in [5.74, 6) is 0.668. The van der Waals surface area contributed by atoms with Gasteiger partial charge in [-0.15, -0.1) is 0 Å². The fourth-order valence-electron chi connectivity index (χ4n) is 2.22. The van der Waals surface area contributed by atoms with Crippen LogP contribution >= 0.6 is 0 Å². The molecule has 1 atom stereocenters. The van der Waals surface area contributed by atoms with Gasteiger partial charge in [-0.2, -0.15) is 0 Å². The Bertz CT molecular complexity index is 416. The van der Waals surface area contributed by atoms with E-state index in [1.54, 1.807) is 18.3 Å². The lowest BCUT2D eigenvalue weighted by atomic mass is 10.1. The highest BCUT2D eigenvalue weighted by Crippen LogP contribution is 2.15. The van der Waals surface area contributed by atoms with Gasteiger partial charge in [0.25, 0.3) is 0 Å². The normalized spacial score (nSPS) is 19.6. The SMILES string of the molecule is CNCC1CCN(C(=O)/C=C/c2ccccn2)C1. The molecule has 1 aliphatic heterocycles. The molecule has 2 heterocycles. The zero-order valence-electron chi connectivity index (χ0n) is 10.7. The maximum atomic E-state index is 12.0. The Morgan fingerprint density at radius 2 is 2.50 bits per heavy atom. The van der Waals surface area contributed by atoms with E-state index in [9.17, 15) is 4.79 Å². The maximum Gasteiger partial charge on any atom is 0.246 e. The van der Waals surface area contributed by atoms with Gasteiger partial charge in [-0.3, -0.25) is 9.78 Å². The van der Waals surface area contributed by atoms with E-state index in [2.05, 4.69) is 10.3 Å². The van der Waals surface area contributed by atoms with Crippen molar-refractivity contribution in [2.24, 2.45) is 5.92 Å². The number of likely N-dealkylation sites (tertiary alicyclic amines) is 1. The van der Waals surface area contributed by atoms with Crippen LogP contribution in [0.25, 0.3) is 6.08 Å². The van der Waals surface area contributed by atoms with Crippen molar-refractivity contribution in [1.29, 1.82) is 0 Å². The Kier molecular flexibility index (Phi) is 4.47. The monoisotopic (exact) mass is 245 g/mol. The predicted molar refractivity (Wildman–Crippen MR) is 71.9 cm³/mol. The van der Waals surface area contributed by atoms with Crippen LogP contribution in [-0.2, 0) is 4.79 Å². The van der Waals surface area contributed by atoms with Gasteiger partial charge in [0, 0.05) is 25.4 Å². The molecular weight excluding hydrogens is 226 g/mol. The van der Waals surface area contributed by atoms with Crippen molar-refractivity contribution in [3.05, 3.63) is 36.2 Å². The Balaban J connectivity index is 1.87. The standard InChI is InChI=1S/C14H19N3O/c1-15-10-12-7-9-17(11-12)14(18)6-5-13-4-2-3-8-16-13/h2-6,8,12,15H,7,9-11H2,1H3/b6-5+. The van der Waals surface area contributed by atoms with E-state index in [0.29, 0.717) is 5.92 Å². The van der Waals surface area contributed by atoms with E-state index in [1.165, 1.54) is 0 Å². The molecule has 0 saturated carbocycles. The van der Waals surface area contributed by atoms with Crippen LogP contribution in [0.4, 0.5) is 0 Å². The van der Waals surface area contributed by atoms with Gasteiger partial charge in [-0.25, -0.2) is 0 Å². The van der Waals surface area contributed by atoms with Gasteiger partial charge in [-0.05, 0) is 44.1 Å². The lowest BCUT2D eigenvalue weighted by molar-refractivity contribution is -0.125. The minimum absolute atomic E-state index is 0.0826. The first-order chi connectivity index (χ1) is 8.79. The van der Waals surface area contributed by atoms with Gasteiger partial charge < -0.3 is 10.2 Å². The van der Waals surface area contributed by atoms with E-state index >= 15 is 0 Å². The molecule has 1 amide bonds. The van der Waals surface area contributed by atoms with Gasteiger partial charge in [0.05, 0.1) is 5.69 Å². The summed E-state index contributed by atoms with van der Waals surface area (Å²) >= 11 is 0. The van der Waals surface area contributed by atoms with Crippen molar-refractivity contribution in [3.63, 3.8) is 0 Å². The molecule has 1 aromatic heterocycles. The van der Waals surface area contributed by atoms with Gasteiger partial charge in [-0.1, -0.05) is 6.07 Å². The van der Waals surface area contributed by atoms with E-state index in [1.807, 2.05) is 30.1 Å². The van der Waals surface area contributed by atoms with Gasteiger partial charge in [0.1, 0.15) is 0 Å². The lowest BCUT2D eigenvalue weighted by Gasteiger charge is -2.14. The average molecular weight is 245 g/mol. The zero-order valence-corrected chi connectivity index (χ0v) is 10.7. The third kappa shape index (κ3) is 3.40. The van der Waals surface area contributed by atoms with Crippen molar-refractivity contribution < 1.29 is 4.79 Å². The van der Waals surface area contributed by atoms with E-state index in [0.717, 1.165) is 31.7 Å². The molecule has 1 saturated heterocycles. The van der Waals surface area contributed by atoms with Crippen molar-refractivity contribution in [1.82, 2.24) is 15.2 Å². The van der Waals surface area contributed by atoms with Crippen LogP contribution in [0.15, 0.2) is 30.5 Å². The van der Waals surface area contributed by atoms with Crippen molar-refractivity contribution in [2.75, 3.05) is 26.7 Å². The fraction of sp³-hybridized carbons (Fsp3) is 0.429.